The Hall–Kier alpha value is -0.813. The molecule has 3 nitrogen and oxygen atoms in total. The highest BCUT2D eigenvalue weighted by Crippen LogP contribution is 2.30. The van der Waals surface area contributed by atoms with Crippen molar-refractivity contribution in [2.24, 2.45) is 5.92 Å². The van der Waals surface area contributed by atoms with Gasteiger partial charge in [-0.15, -0.1) is 0 Å². The minimum atomic E-state index is -1.16. The summed E-state index contributed by atoms with van der Waals surface area (Å²) in [5.74, 6) is 0.682. The highest BCUT2D eigenvalue weighted by atomic mass is 79.9. The molecule has 1 saturated carbocycles. The third kappa shape index (κ3) is 7.53. The maximum Gasteiger partial charge on any atom is 0.409 e. The maximum atomic E-state index is 12.4. The average molecular weight is 398 g/mol. The Balaban J connectivity index is 1.84. The van der Waals surface area contributed by atoms with Crippen molar-refractivity contribution in [1.82, 2.24) is 4.90 Å². The molecule has 0 aromatic heterocycles. The van der Waals surface area contributed by atoms with E-state index in [4.69, 9.17) is 4.74 Å². The van der Waals surface area contributed by atoms with Crippen LogP contribution in [0.2, 0.25) is 25.7 Å². The molecule has 1 fully saturated rings. The van der Waals surface area contributed by atoms with E-state index in [1.54, 1.807) is 0 Å². The van der Waals surface area contributed by atoms with E-state index in [0.717, 1.165) is 30.0 Å². The van der Waals surface area contributed by atoms with Gasteiger partial charge in [0, 0.05) is 25.6 Å². The topological polar surface area (TPSA) is 29.5 Å². The van der Waals surface area contributed by atoms with Gasteiger partial charge in [0.2, 0.25) is 0 Å². The highest BCUT2D eigenvalue weighted by molar-refractivity contribution is 9.10. The van der Waals surface area contributed by atoms with Crippen molar-refractivity contribution in [2.75, 3.05) is 19.7 Å². The molecule has 0 N–H and O–H groups in total. The first-order chi connectivity index (χ1) is 10.8. The van der Waals surface area contributed by atoms with Gasteiger partial charge >= 0.3 is 6.09 Å². The summed E-state index contributed by atoms with van der Waals surface area (Å²) >= 11 is 3.50. The van der Waals surface area contributed by atoms with Crippen LogP contribution in [0, 0.1) is 5.92 Å². The van der Waals surface area contributed by atoms with Gasteiger partial charge in [0.1, 0.15) is 0 Å². The van der Waals surface area contributed by atoms with E-state index >= 15 is 0 Å². The smallest absolute Gasteiger partial charge is 0.409 e. The molecule has 1 aliphatic carbocycles. The average Bonchev–Trinajstić information content (AvgIpc) is 3.26. The monoisotopic (exact) mass is 397 g/mol. The number of rotatable bonds is 8. The molecule has 128 valence electrons. The molecule has 23 heavy (non-hydrogen) atoms. The zero-order chi connectivity index (χ0) is 16.9. The van der Waals surface area contributed by atoms with Crippen LogP contribution in [0.15, 0.2) is 28.7 Å². The zero-order valence-electron chi connectivity index (χ0n) is 14.5. The number of benzene rings is 1. The van der Waals surface area contributed by atoms with Gasteiger partial charge in [0.15, 0.2) is 0 Å². The van der Waals surface area contributed by atoms with Crippen molar-refractivity contribution in [1.29, 1.82) is 0 Å². The van der Waals surface area contributed by atoms with Gasteiger partial charge in [-0.1, -0.05) is 47.7 Å². The molecule has 0 saturated heterocycles. The van der Waals surface area contributed by atoms with Gasteiger partial charge in [-0.05, 0) is 48.9 Å². The van der Waals surface area contributed by atoms with E-state index in [1.165, 1.54) is 18.4 Å². The van der Waals surface area contributed by atoms with Crippen LogP contribution < -0.4 is 0 Å². The van der Waals surface area contributed by atoms with Crippen LogP contribution in [0.5, 0.6) is 0 Å². The summed E-state index contributed by atoms with van der Waals surface area (Å²) in [6.07, 6.45) is 3.23. The van der Waals surface area contributed by atoms with Crippen LogP contribution >= 0.6 is 15.9 Å². The predicted octanol–water partition coefficient (Wildman–Crippen LogP) is 5.18. The molecule has 1 aliphatic rings. The predicted molar refractivity (Wildman–Crippen MR) is 102 cm³/mol. The molecule has 0 spiro atoms. The first kappa shape index (κ1) is 18.5. The van der Waals surface area contributed by atoms with E-state index < -0.39 is 8.07 Å². The number of nitrogens with zero attached hydrogens (tertiary/aromatic N) is 1. The quantitative estimate of drug-likeness (QED) is 0.565. The zero-order valence-corrected chi connectivity index (χ0v) is 17.1. The molecular formula is C18H28BrNO2Si. The Morgan fingerprint density at radius 1 is 1.35 bits per heavy atom. The lowest BCUT2D eigenvalue weighted by Crippen LogP contribution is -2.36. The molecule has 1 aromatic carbocycles. The summed E-state index contributed by atoms with van der Waals surface area (Å²) in [4.78, 5) is 14.3. The fourth-order valence-electron chi connectivity index (χ4n) is 2.36. The van der Waals surface area contributed by atoms with Crippen molar-refractivity contribution in [3.8, 4) is 0 Å². The second kappa shape index (κ2) is 8.33. The van der Waals surface area contributed by atoms with E-state index in [-0.39, 0.29) is 6.09 Å². The van der Waals surface area contributed by atoms with Gasteiger partial charge in [-0.25, -0.2) is 4.79 Å². The Labute approximate surface area is 149 Å². The first-order valence-electron chi connectivity index (χ1n) is 8.50. The number of hydrogen-bond donors (Lipinski definition) is 0. The highest BCUT2D eigenvalue weighted by Gasteiger charge is 2.27. The lowest BCUT2D eigenvalue weighted by Gasteiger charge is -2.23. The van der Waals surface area contributed by atoms with Crippen LogP contribution in [-0.4, -0.2) is 38.8 Å². The van der Waals surface area contributed by atoms with Gasteiger partial charge < -0.3 is 9.64 Å². The van der Waals surface area contributed by atoms with E-state index in [2.05, 4.69) is 47.7 Å². The second-order valence-electron chi connectivity index (χ2n) is 7.69. The minimum Gasteiger partial charge on any atom is -0.450 e. The molecule has 0 atom stereocenters. The minimum absolute atomic E-state index is 0.134. The summed E-state index contributed by atoms with van der Waals surface area (Å²) < 4.78 is 6.62. The Bertz CT molecular complexity index is 526. The summed E-state index contributed by atoms with van der Waals surface area (Å²) in [6.45, 7) is 9.05. The third-order valence-electron chi connectivity index (χ3n) is 4.07. The summed E-state index contributed by atoms with van der Waals surface area (Å²) in [5.41, 5.74) is 1.25. The van der Waals surface area contributed by atoms with Crippen LogP contribution in [0.4, 0.5) is 4.79 Å². The van der Waals surface area contributed by atoms with Gasteiger partial charge in [0.05, 0.1) is 6.61 Å². The number of carbonyl (C=O) groups is 1. The summed E-state index contributed by atoms with van der Waals surface area (Å²) in [5, 5.41) is 0. The van der Waals surface area contributed by atoms with Crippen LogP contribution in [0.3, 0.4) is 0 Å². The molecule has 1 aromatic rings. The molecule has 0 bridgehead atoms. The molecule has 0 unspecified atom stereocenters. The summed E-state index contributed by atoms with van der Waals surface area (Å²) in [6, 6.07) is 9.32. The number of ether oxygens (including phenoxy) is 1. The number of hydrogen-bond acceptors (Lipinski definition) is 2. The number of carbonyl (C=O) groups excluding carboxylic acids is 1. The van der Waals surface area contributed by atoms with E-state index in [9.17, 15) is 4.79 Å². The molecule has 0 radical (unpaired) electrons. The fourth-order valence-corrected chi connectivity index (χ4v) is 3.52. The van der Waals surface area contributed by atoms with Crippen molar-refractivity contribution in [3.63, 3.8) is 0 Å². The molecule has 0 heterocycles. The van der Waals surface area contributed by atoms with Crippen LogP contribution in [0.1, 0.15) is 18.4 Å². The standard InChI is InChI=1S/C18H28BrNO2Si/c1-23(2,3)12-11-22-18(21)20(14-16-7-8-16)10-9-15-5-4-6-17(19)13-15/h4-6,13,16H,7-12,14H2,1-3H3. The van der Waals surface area contributed by atoms with Gasteiger partial charge in [0.25, 0.3) is 0 Å². The molecule has 1 amide bonds. The third-order valence-corrected chi connectivity index (χ3v) is 6.27. The molecule has 2 rings (SSSR count). The first-order valence-corrected chi connectivity index (χ1v) is 13.0. The molecule has 5 heteroatoms. The largest absolute Gasteiger partial charge is 0.450 e. The fraction of sp³-hybridized carbons (Fsp3) is 0.611. The van der Waals surface area contributed by atoms with Gasteiger partial charge in [-0.2, -0.15) is 0 Å². The maximum absolute atomic E-state index is 12.4. The van der Waals surface area contributed by atoms with Crippen molar-refractivity contribution < 1.29 is 9.53 Å². The normalized spacial score (nSPS) is 14.6. The second-order valence-corrected chi connectivity index (χ2v) is 14.2. The Morgan fingerprint density at radius 3 is 2.70 bits per heavy atom. The van der Waals surface area contributed by atoms with Crippen LogP contribution in [-0.2, 0) is 11.2 Å². The van der Waals surface area contributed by atoms with E-state index in [1.807, 2.05) is 17.0 Å². The Morgan fingerprint density at radius 2 is 2.09 bits per heavy atom. The van der Waals surface area contributed by atoms with Gasteiger partial charge in [-0.3, -0.25) is 0 Å². The number of halogens is 1. The van der Waals surface area contributed by atoms with Crippen LogP contribution in [0.25, 0.3) is 0 Å². The SMILES string of the molecule is C[Si](C)(C)CCOC(=O)N(CCc1cccc(Br)c1)CC1CC1. The molecule has 0 aliphatic heterocycles. The van der Waals surface area contributed by atoms with Crippen molar-refractivity contribution >= 4 is 30.1 Å². The van der Waals surface area contributed by atoms with Crippen molar-refractivity contribution in [3.05, 3.63) is 34.3 Å². The summed E-state index contributed by atoms with van der Waals surface area (Å²) in [7, 11) is -1.16. The van der Waals surface area contributed by atoms with E-state index in [0.29, 0.717) is 12.5 Å². The lowest BCUT2D eigenvalue weighted by atomic mass is 10.1. The molecular weight excluding hydrogens is 370 g/mol. The lowest BCUT2D eigenvalue weighted by molar-refractivity contribution is 0.105. The van der Waals surface area contributed by atoms with Crippen molar-refractivity contribution in [2.45, 2.75) is 44.9 Å². The Kier molecular flexibility index (Phi) is 6.71. The number of amides is 1.